The summed E-state index contributed by atoms with van der Waals surface area (Å²) in [4.78, 5) is 14.2. The van der Waals surface area contributed by atoms with Gasteiger partial charge in [-0.15, -0.1) is 0 Å². The summed E-state index contributed by atoms with van der Waals surface area (Å²) in [7, 11) is 0. The van der Waals surface area contributed by atoms with Crippen LogP contribution in [-0.2, 0) is 17.8 Å². The van der Waals surface area contributed by atoms with E-state index in [1.165, 1.54) is 11.1 Å². The molecule has 0 aliphatic carbocycles. The molecule has 1 atom stereocenters. The lowest BCUT2D eigenvalue weighted by atomic mass is 10.0. The first-order chi connectivity index (χ1) is 8.76. The predicted molar refractivity (Wildman–Crippen MR) is 77.8 cm³/mol. The molecule has 0 spiro atoms. The number of alkyl halides is 1. The molecule has 0 radical (unpaired) electrons. The van der Waals surface area contributed by atoms with Crippen LogP contribution in [0.25, 0.3) is 0 Å². The third-order valence-corrected chi connectivity index (χ3v) is 4.18. The van der Waals surface area contributed by atoms with Crippen molar-refractivity contribution in [3.05, 3.63) is 35.4 Å². The van der Waals surface area contributed by atoms with Crippen LogP contribution in [0.15, 0.2) is 24.3 Å². The average Bonchev–Trinajstić information content (AvgIpc) is 2.58. The first-order valence-corrected chi connectivity index (χ1v) is 7.80. The van der Waals surface area contributed by atoms with Gasteiger partial charge in [0.25, 0.3) is 0 Å². The minimum atomic E-state index is 0.213. The molecule has 1 aliphatic heterocycles. The van der Waals surface area contributed by atoms with E-state index >= 15 is 0 Å². The van der Waals surface area contributed by atoms with Gasteiger partial charge in [0.05, 0.1) is 5.33 Å². The number of carbonyl (C=O) groups is 1. The zero-order chi connectivity index (χ0) is 13.0. The van der Waals surface area contributed by atoms with Gasteiger partial charge in [-0.05, 0) is 30.4 Å². The van der Waals surface area contributed by atoms with Crippen LogP contribution in [0.3, 0.4) is 0 Å². The SMILES string of the molecule is CCC[C@H]1CCc2ccccc2CN1C(=O)CBr. The van der Waals surface area contributed by atoms with Gasteiger partial charge in [-0.1, -0.05) is 53.5 Å². The maximum atomic E-state index is 12.1. The molecule has 1 aromatic rings. The van der Waals surface area contributed by atoms with Crippen LogP contribution in [0.5, 0.6) is 0 Å². The Kier molecular flexibility index (Phi) is 4.81. The molecule has 1 aromatic carbocycles. The Hall–Kier alpha value is -0.830. The average molecular weight is 310 g/mol. The van der Waals surface area contributed by atoms with Crippen molar-refractivity contribution < 1.29 is 4.79 Å². The summed E-state index contributed by atoms with van der Waals surface area (Å²) < 4.78 is 0. The summed E-state index contributed by atoms with van der Waals surface area (Å²) in [6.07, 6.45) is 4.41. The van der Waals surface area contributed by atoms with Gasteiger partial charge < -0.3 is 4.90 Å². The highest BCUT2D eigenvalue weighted by atomic mass is 79.9. The smallest absolute Gasteiger partial charge is 0.233 e. The van der Waals surface area contributed by atoms with Crippen LogP contribution in [0.2, 0.25) is 0 Å². The second kappa shape index (κ2) is 6.37. The Morgan fingerprint density at radius 1 is 1.39 bits per heavy atom. The number of rotatable bonds is 3. The van der Waals surface area contributed by atoms with Crippen molar-refractivity contribution in [2.24, 2.45) is 0 Å². The molecule has 0 aromatic heterocycles. The Morgan fingerprint density at radius 3 is 2.78 bits per heavy atom. The van der Waals surface area contributed by atoms with Gasteiger partial charge in [-0.2, -0.15) is 0 Å². The first-order valence-electron chi connectivity index (χ1n) is 6.68. The van der Waals surface area contributed by atoms with E-state index in [0.29, 0.717) is 11.4 Å². The van der Waals surface area contributed by atoms with E-state index in [2.05, 4.69) is 52.0 Å². The molecule has 2 nitrogen and oxygen atoms in total. The van der Waals surface area contributed by atoms with Crippen molar-refractivity contribution in [2.45, 2.75) is 45.2 Å². The number of benzene rings is 1. The molecule has 1 heterocycles. The van der Waals surface area contributed by atoms with Crippen molar-refractivity contribution in [3.8, 4) is 0 Å². The van der Waals surface area contributed by atoms with Crippen LogP contribution >= 0.6 is 15.9 Å². The summed E-state index contributed by atoms with van der Waals surface area (Å²) in [6.45, 7) is 2.96. The second-order valence-corrected chi connectivity index (χ2v) is 5.47. The first kappa shape index (κ1) is 13.6. The van der Waals surface area contributed by atoms with Gasteiger partial charge in [0.1, 0.15) is 0 Å². The Bertz CT molecular complexity index is 419. The fourth-order valence-electron chi connectivity index (χ4n) is 2.75. The van der Waals surface area contributed by atoms with Gasteiger partial charge in [0.15, 0.2) is 0 Å². The van der Waals surface area contributed by atoms with E-state index in [4.69, 9.17) is 0 Å². The molecular weight excluding hydrogens is 290 g/mol. The largest absolute Gasteiger partial charge is 0.335 e. The Balaban J connectivity index is 2.25. The summed E-state index contributed by atoms with van der Waals surface area (Å²) in [5, 5.41) is 0.426. The van der Waals surface area contributed by atoms with Crippen LogP contribution in [0.1, 0.15) is 37.3 Å². The van der Waals surface area contributed by atoms with Crippen molar-refractivity contribution in [3.63, 3.8) is 0 Å². The molecule has 0 bridgehead atoms. The molecule has 0 fully saturated rings. The molecule has 0 saturated heterocycles. The van der Waals surface area contributed by atoms with Crippen molar-refractivity contribution in [2.75, 3.05) is 5.33 Å². The maximum Gasteiger partial charge on any atom is 0.233 e. The number of hydrogen-bond acceptors (Lipinski definition) is 1. The van der Waals surface area contributed by atoms with E-state index in [-0.39, 0.29) is 5.91 Å². The molecule has 0 unspecified atom stereocenters. The minimum absolute atomic E-state index is 0.213. The molecule has 1 aliphatic rings. The lowest BCUT2D eigenvalue weighted by molar-refractivity contribution is -0.131. The monoisotopic (exact) mass is 309 g/mol. The minimum Gasteiger partial charge on any atom is -0.335 e. The zero-order valence-electron chi connectivity index (χ0n) is 10.9. The number of carbonyl (C=O) groups excluding carboxylic acids is 1. The molecule has 1 amide bonds. The Morgan fingerprint density at radius 2 is 2.11 bits per heavy atom. The van der Waals surface area contributed by atoms with E-state index < -0.39 is 0 Å². The number of amides is 1. The van der Waals surface area contributed by atoms with E-state index in [9.17, 15) is 4.79 Å². The van der Waals surface area contributed by atoms with Crippen LogP contribution in [0, 0.1) is 0 Å². The standard InChI is InChI=1S/C15H20BrNO/c1-2-5-14-9-8-12-6-3-4-7-13(12)11-17(14)15(18)10-16/h3-4,6-7,14H,2,5,8-11H2,1H3/t14-/m0/s1. The van der Waals surface area contributed by atoms with E-state index in [1.54, 1.807) is 0 Å². The third-order valence-electron chi connectivity index (χ3n) is 3.70. The zero-order valence-corrected chi connectivity index (χ0v) is 12.4. The lowest BCUT2D eigenvalue weighted by Crippen LogP contribution is -2.39. The second-order valence-electron chi connectivity index (χ2n) is 4.91. The van der Waals surface area contributed by atoms with Crippen LogP contribution < -0.4 is 0 Å². The molecule has 3 heteroatoms. The number of aryl methyl sites for hydroxylation is 1. The topological polar surface area (TPSA) is 20.3 Å². The van der Waals surface area contributed by atoms with Gasteiger partial charge >= 0.3 is 0 Å². The van der Waals surface area contributed by atoms with Gasteiger partial charge in [0, 0.05) is 12.6 Å². The van der Waals surface area contributed by atoms with Crippen LogP contribution in [-0.4, -0.2) is 22.2 Å². The van der Waals surface area contributed by atoms with E-state index in [1.807, 2.05) is 0 Å². The number of nitrogens with zero attached hydrogens (tertiary/aromatic N) is 1. The maximum absolute atomic E-state index is 12.1. The highest BCUT2D eigenvalue weighted by Gasteiger charge is 2.26. The lowest BCUT2D eigenvalue weighted by Gasteiger charge is -2.29. The number of halogens is 1. The molecule has 98 valence electrons. The normalized spacial score (nSPS) is 19.2. The molecule has 0 N–H and O–H groups in total. The molecule has 0 saturated carbocycles. The van der Waals surface area contributed by atoms with Gasteiger partial charge in [0.2, 0.25) is 5.91 Å². The summed E-state index contributed by atoms with van der Waals surface area (Å²) in [6, 6.07) is 8.90. The number of fused-ring (bicyclic) bond motifs is 1. The summed E-state index contributed by atoms with van der Waals surface area (Å²) in [5.41, 5.74) is 2.72. The molecule has 2 rings (SSSR count). The predicted octanol–water partition coefficient (Wildman–Crippen LogP) is 3.53. The van der Waals surface area contributed by atoms with Crippen molar-refractivity contribution in [1.29, 1.82) is 0 Å². The van der Waals surface area contributed by atoms with Gasteiger partial charge in [-0.25, -0.2) is 0 Å². The third kappa shape index (κ3) is 2.94. The quantitative estimate of drug-likeness (QED) is 0.782. The van der Waals surface area contributed by atoms with Crippen molar-refractivity contribution >= 4 is 21.8 Å². The highest BCUT2D eigenvalue weighted by Crippen LogP contribution is 2.25. The summed E-state index contributed by atoms with van der Waals surface area (Å²) >= 11 is 3.30. The highest BCUT2D eigenvalue weighted by molar-refractivity contribution is 9.09. The van der Waals surface area contributed by atoms with Crippen molar-refractivity contribution in [1.82, 2.24) is 4.90 Å². The number of hydrogen-bond donors (Lipinski definition) is 0. The fraction of sp³-hybridized carbons (Fsp3) is 0.533. The van der Waals surface area contributed by atoms with Crippen LogP contribution in [0.4, 0.5) is 0 Å². The fourth-order valence-corrected chi connectivity index (χ4v) is 3.07. The van der Waals surface area contributed by atoms with Gasteiger partial charge in [-0.3, -0.25) is 4.79 Å². The Labute approximate surface area is 117 Å². The molecular formula is C15H20BrNO. The summed E-state index contributed by atoms with van der Waals surface area (Å²) in [5.74, 6) is 0.213. The molecule has 18 heavy (non-hydrogen) atoms. The van der Waals surface area contributed by atoms with E-state index in [0.717, 1.165) is 32.2 Å².